The van der Waals surface area contributed by atoms with Crippen LogP contribution in [0, 0.1) is 0 Å². The van der Waals surface area contributed by atoms with Gasteiger partial charge in [0.15, 0.2) is 0 Å². The zero-order valence-corrected chi connectivity index (χ0v) is 9.45. The molecule has 4 nitrogen and oxygen atoms in total. The van der Waals surface area contributed by atoms with E-state index in [0.29, 0.717) is 24.8 Å². The topological polar surface area (TPSA) is 66.8 Å². The molecule has 0 aliphatic carbocycles. The number of hydrogen-bond acceptors (Lipinski definition) is 4. The summed E-state index contributed by atoms with van der Waals surface area (Å²) in [5.74, 6) is -0.305. The maximum absolute atomic E-state index is 11.1. The van der Waals surface area contributed by atoms with Crippen molar-refractivity contribution >= 4 is 5.97 Å². The lowest BCUT2D eigenvalue weighted by atomic mass is 9.96. The summed E-state index contributed by atoms with van der Waals surface area (Å²) in [6, 6.07) is 8.89. The normalized spacial score (nSPS) is 23.9. The Hall–Kier alpha value is -1.39. The van der Waals surface area contributed by atoms with Crippen molar-refractivity contribution in [2.24, 2.45) is 0 Å². The molecule has 3 atom stereocenters. The first-order valence-corrected chi connectivity index (χ1v) is 5.79. The quantitative estimate of drug-likeness (QED) is 0.773. The number of aliphatic hydroxyl groups is 2. The van der Waals surface area contributed by atoms with Crippen LogP contribution >= 0.6 is 0 Å². The average molecular weight is 236 g/mol. The highest BCUT2D eigenvalue weighted by Crippen LogP contribution is 2.25. The summed E-state index contributed by atoms with van der Waals surface area (Å²) in [6.45, 7) is 0. The highest BCUT2D eigenvalue weighted by atomic mass is 16.6. The number of rotatable bonds is 3. The lowest BCUT2D eigenvalue weighted by Crippen LogP contribution is -2.38. The zero-order chi connectivity index (χ0) is 12.3. The summed E-state index contributed by atoms with van der Waals surface area (Å²) in [7, 11) is 0. The predicted octanol–water partition coefficient (Wildman–Crippen LogP) is 1.18. The van der Waals surface area contributed by atoms with Gasteiger partial charge in [0.1, 0.15) is 18.3 Å². The van der Waals surface area contributed by atoms with Gasteiger partial charge in [-0.3, -0.25) is 4.79 Å². The molecule has 1 aromatic carbocycles. The largest absolute Gasteiger partial charge is 0.459 e. The van der Waals surface area contributed by atoms with Gasteiger partial charge >= 0.3 is 5.97 Å². The van der Waals surface area contributed by atoms with Gasteiger partial charge in [-0.15, -0.1) is 0 Å². The minimum atomic E-state index is -1.07. The molecule has 0 spiro atoms. The summed E-state index contributed by atoms with van der Waals surface area (Å²) in [5.41, 5.74) is 0.627. The maximum Gasteiger partial charge on any atom is 0.306 e. The number of hydrogen-bond donors (Lipinski definition) is 2. The Morgan fingerprint density at radius 3 is 2.59 bits per heavy atom. The van der Waals surface area contributed by atoms with Crippen molar-refractivity contribution in [3.05, 3.63) is 35.9 Å². The van der Waals surface area contributed by atoms with E-state index in [2.05, 4.69) is 0 Å². The predicted molar refractivity (Wildman–Crippen MR) is 61.1 cm³/mol. The van der Waals surface area contributed by atoms with E-state index in [-0.39, 0.29) is 5.97 Å². The van der Waals surface area contributed by atoms with Gasteiger partial charge in [0.2, 0.25) is 0 Å². The van der Waals surface area contributed by atoms with Gasteiger partial charge in [0, 0.05) is 6.42 Å². The number of benzene rings is 1. The van der Waals surface area contributed by atoms with Crippen molar-refractivity contribution in [1.82, 2.24) is 0 Å². The molecule has 1 heterocycles. The number of esters is 1. The molecule has 17 heavy (non-hydrogen) atoms. The van der Waals surface area contributed by atoms with E-state index in [1.807, 2.05) is 6.07 Å². The van der Waals surface area contributed by atoms with E-state index >= 15 is 0 Å². The van der Waals surface area contributed by atoms with E-state index in [9.17, 15) is 15.0 Å². The van der Waals surface area contributed by atoms with E-state index < -0.39 is 18.3 Å². The van der Waals surface area contributed by atoms with Crippen LogP contribution < -0.4 is 0 Å². The Morgan fingerprint density at radius 1 is 1.24 bits per heavy atom. The van der Waals surface area contributed by atoms with Crippen LogP contribution in [0.2, 0.25) is 0 Å². The summed E-state index contributed by atoms with van der Waals surface area (Å²) in [5, 5.41) is 20.0. The zero-order valence-electron chi connectivity index (χ0n) is 9.45. The smallest absolute Gasteiger partial charge is 0.306 e. The van der Waals surface area contributed by atoms with E-state index in [4.69, 9.17) is 4.74 Å². The van der Waals surface area contributed by atoms with Crippen LogP contribution in [0.25, 0.3) is 0 Å². The highest BCUT2D eigenvalue weighted by molar-refractivity contribution is 5.70. The van der Waals surface area contributed by atoms with E-state index in [1.165, 1.54) is 0 Å². The van der Waals surface area contributed by atoms with Crippen molar-refractivity contribution in [2.75, 3.05) is 0 Å². The summed E-state index contributed by atoms with van der Waals surface area (Å²) in [4.78, 5) is 11.1. The molecular weight excluding hydrogens is 220 g/mol. The highest BCUT2D eigenvalue weighted by Gasteiger charge is 2.32. The Kier molecular flexibility index (Phi) is 3.76. The molecule has 1 aromatic rings. The lowest BCUT2D eigenvalue weighted by molar-refractivity contribution is -0.166. The molecule has 0 saturated carbocycles. The summed E-state index contributed by atoms with van der Waals surface area (Å²) >= 11 is 0. The first-order valence-electron chi connectivity index (χ1n) is 5.79. The van der Waals surface area contributed by atoms with Crippen molar-refractivity contribution in [2.45, 2.75) is 37.6 Å². The lowest BCUT2D eigenvalue weighted by Gasteiger charge is -2.29. The monoisotopic (exact) mass is 236 g/mol. The second kappa shape index (κ2) is 5.29. The molecule has 0 aromatic heterocycles. The van der Waals surface area contributed by atoms with Gasteiger partial charge < -0.3 is 14.9 Å². The molecule has 1 aliphatic rings. The second-order valence-electron chi connectivity index (χ2n) is 4.27. The second-order valence-corrected chi connectivity index (χ2v) is 4.27. The van der Waals surface area contributed by atoms with Crippen LogP contribution in [0.1, 0.15) is 30.9 Å². The van der Waals surface area contributed by atoms with Crippen LogP contribution in [-0.2, 0) is 9.53 Å². The summed E-state index contributed by atoms with van der Waals surface area (Å²) in [6.07, 6.45) is -1.01. The van der Waals surface area contributed by atoms with Gasteiger partial charge in [0.25, 0.3) is 0 Å². The van der Waals surface area contributed by atoms with Crippen LogP contribution in [0.15, 0.2) is 30.3 Å². The molecule has 0 amide bonds. The molecule has 2 rings (SSSR count). The maximum atomic E-state index is 11.1. The number of carbonyl (C=O) groups is 1. The third kappa shape index (κ3) is 2.84. The first kappa shape index (κ1) is 12.1. The molecule has 4 heteroatoms. The minimum absolute atomic E-state index is 0.305. The number of ether oxygens (including phenoxy) is 1. The van der Waals surface area contributed by atoms with E-state index in [0.717, 1.165) is 0 Å². The van der Waals surface area contributed by atoms with Crippen molar-refractivity contribution in [1.29, 1.82) is 0 Å². The van der Waals surface area contributed by atoms with Gasteiger partial charge in [-0.25, -0.2) is 0 Å². The molecule has 1 aliphatic heterocycles. The fourth-order valence-electron chi connectivity index (χ4n) is 2.03. The Bertz CT molecular complexity index is 376. The van der Waals surface area contributed by atoms with Crippen LogP contribution in [-0.4, -0.2) is 28.4 Å². The van der Waals surface area contributed by atoms with Gasteiger partial charge in [-0.05, 0) is 18.4 Å². The third-order valence-electron chi connectivity index (χ3n) is 3.00. The molecular formula is C13H16O4. The third-order valence-corrected chi connectivity index (χ3v) is 3.00. The Morgan fingerprint density at radius 2 is 1.94 bits per heavy atom. The van der Waals surface area contributed by atoms with Crippen molar-refractivity contribution in [3.63, 3.8) is 0 Å². The molecule has 0 radical (unpaired) electrons. The van der Waals surface area contributed by atoms with Gasteiger partial charge in [0.05, 0.1) is 0 Å². The molecule has 1 saturated heterocycles. The number of aliphatic hydroxyl groups excluding tert-OH is 2. The van der Waals surface area contributed by atoms with E-state index in [1.54, 1.807) is 24.3 Å². The average Bonchev–Trinajstić information content (AvgIpc) is 2.38. The molecule has 1 fully saturated rings. The van der Waals surface area contributed by atoms with Crippen LogP contribution in [0.5, 0.6) is 0 Å². The first-order chi connectivity index (χ1) is 8.18. The SMILES string of the molecule is O=C1CCC[C@H]([C@H](O)[C@@H](O)c2ccccc2)O1. The Labute approximate surface area is 99.8 Å². The van der Waals surface area contributed by atoms with Crippen LogP contribution in [0.4, 0.5) is 0 Å². The Balaban J connectivity index is 2.04. The molecule has 0 bridgehead atoms. The van der Waals surface area contributed by atoms with Crippen molar-refractivity contribution in [3.8, 4) is 0 Å². The minimum Gasteiger partial charge on any atom is -0.459 e. The van der Waals surface area contributed by atoms with Crippen LogP contribution in [0.3, 0.4) is 0 Å². The number of cyclic esters (lactones) is 1. The van der Waals surface area contributed by atoms with Gasteiger partial charge in [-0.1, -0.05) is 30.3 Å². The standard InChI is InChI=1S/C13H16O4/c14-11-8-4-7-10(17-11)13(16)12(15)9-5-2-1-3-6-9/h1-3,5-6,10,12-13,15-16H,4,7-8H2/t10-,12+,13+/m1/s1. The summed E-state index contributed by atoms with van der Waals surface area (Å²) < 4.78 is 5.04. The molecule has 92 valence electrons. The fourth-order valence-corrected chi connectivity index (χ4v) is 2.03. The molecule has 2 N–H and O–H groups in total. The number of carbonyl (C=O) groups excluding carboxylic acids is 1. The van der Waals surface area contributed by atoms with Crippen molar-refractivity contribution < 1.29 is 19.7 Å². The molecule has 0 unspecified atom stereocenters. The fraction of sp³-hybridized carbons (Fsp3) is 0.462. The van der Waals surface area contributed by atoms with Gasteiger partial charge in [-0.2, -0.15) is 0 Å².